The molecule has 8 heteroatoms. The molecule has 8 nitrogen and oxygen atoms in total. The topological polar surface area (TPSA) is 74.4 Å². The molecule has 0 radical (unpaired) electrons. The van der Waals surface area contributed by atoms with Crippen molar-refractivity contribution in [2.75, 3.05) is 27.4 Å². The van der Waals surface area contributed by atoms with E-state index < -0.39 is 0 Å². The fourth-order valence-corrected chi connectivity index (χ4v) is 7.06. The number of fused-ring (bicyclic) bond motifs is 2. The van der Waals surface area contributed by atoms with Gasteiger partial charge in [0, 0.05) is 49.9 Å². The summed E-state index contributed by atoms with van der Waals surface area (Å²) in [6.45, 7) is 4.92. The minimum atomic E-state index is 0.105. The van der Waals surface area contributed by atoms with Gasteiger partial charge >= 0.3 is 0 Å². The van der Waals surface area contributed by atoms with Gasteiger partial charge in [-0.15, -0.1) is 0 Å². The number of rotatable bonds is 7. The van der Waals surface area contributed by atoms with Gasteiger partial charge in [-0.05, 0) is 67.9 Å². The van der Waals surface area contributed by atoms with E-state index >= 15 is 0 Å². The number of benzene rings is 1. The van der Waals surface area contributed by atoms with Crippen LogP contribution >= 0.6 is 0 Å². The van der Waals surface area contributed by atoms with Crippen molar-refractivity contribution in [3.8, 4) is 17.3 Å². The molecule has 2 aliphatic carbocycles. The molecule has 1 aromatic carbocycles. The van der Waals surface area contributed by atoms with Gasteiger partial charge in [-0.1, -0.05) is 0 Å². The van der Waals surface area contributed by atoms with Crippen LogP contribution in [0.15, 0.2) is 36.5 Å². The minimum absolute atomic E-state index is 0.105. The highest BCUT2D eigenvalue weighted by Gasteiger charge is 2.61. The van der Waals surface area contributed by atoms with Crippen LogP contribution in [0.5, 0.6) is 5.75 Å². The third-order valence-corrected chi connectivity index (χ3v) is 8.77. The van der Waals surface area contributed by atoms with Crippen molar-refractivity contribution in [3.63, 3.8) is 0 Å². The Labute approximate surface area is 209 Å². The van der Waals surface area contributed by atoms with Crippen LogP contribution in [0.2, 0.25) is 0 Å². The molecular formula is C28H31N5O3. The van der Waals surface area contributed by atoms with Crippen LogP contribution in [0.4, 0.5) is 0 Å². The molecule has 2 saturated carbocycles. The van der Waals surface area contributed by atoms with Crippen LogP contribution in [0, 0.1) is 17.8 Å². The van der Waals surface area contributed by atoms with Gasteiger partial charge < -0.3 is 23.5 Å². The van der Waals surface area contributed by atoms with Crippen molar-refractivity contribution in [2.45, 2.75) is 38.9 Å². The minimum Gasteiger partial charge on any atom is -0.494 e. The Hall–Kier alpha value is -3.39. The number of amides is 1. The maximum absolute atomic E-state index is 13.7. The van der Waals surface area contributed by atoms with E-state index in [0.29, 0.717) is 36.4 Å². The van der Waals surface area contributed by atoms with Crippen molar-refractivity contribution in [2.24, 2.45) is 17.8 Å². The van der Waals surface area contributed by atoms with E-state index in [4.69, 9.17) is 14.5 Å². The van der Waals surface area contributed by atoms with Gasteiger partial charge in [0.25, 0.3) is 5.91 Å². The van der Waals surface area contributed by atoms with Crippen LogP contribution in [0.3, 0.4) is 0 Å². The molecule has 1 unspecified atom stereocenters. The van der Waals surface area contributed by atoms with E-state index in [1.807, 2.05) is 24.4 Å². The predicted octanol–water partition coefficient (Wildman–Crippen LogP) is 4.21. The Morgan fingerprint density at radius 3 is 2.78 bits per heavy atom. The molecule has 3 aromatic heterocycles. The molecule has 36 heavy (non-hydrogen) atoms. The van der Waals surface area contributed by atoms with Gasteiger partial charge in [0.05, 0.1) is 24.9 Å². The third-order valence-electron chi connectivity index (χ3n) is 8.77. The van der Waals surface area contributed by atoms with Crippen LogP contribution < -0.4 is 4.74 Å². The summed E-state index contributed by atoms with van der Waals surface area (Å²) in [6.07, 6.45) is 4.28. The molecule has 4 atom stereocenters. The molecule has 1 amide bonds. The Kier molecular flexibility index (Phi) is 4.90. The number of carbonyl (C=O) groups is 1. The van der Waals surface area contributed by atoms with E-state index in [-0.39, 0.29) is 5.91 Å². The first kappa shape index (κ1) is 21.9. The molecular weight excluding hydrogens is 454 g/mol. The van der Waals surface area contributed by atoms with Gasteiger partial charge in [0.2, 0.25) is 0 Å². The summed E-state index contributed by atoms with van der Waals surface area (Å²) >= 11 is 0. The second kappa shape index (κ2) is 8.06. The molecule has 1 saturated heterocycles. The van der Waals surface area contributed by atoms with E-state index in [1.165, 1.54) is 6.42 Å². The van der Waals surface area contributed by atoms with Crippen LogP contribution in [-0.2, 0) is 17.8 Å². The molecule has 0 bridgehead atoms. The van der Waals surface area contributed by atoms with E-state index in [1.54, 1.807) is 14.2 Å². The van der Waals surface area contributed by atoms with Crippen molar-refractivity contribution < 1.29 is 14.3 Å². The van der Waals surface area contributed by atoms with Gasteiger partial charge in [0.1, 0.15) is 16.9 Å². The maximum atomic E-state index is 13.7. The van der Waals surface area contributed by atoms with Crippen LogP contribution in [-0.4, -0.2) is 63.3 Å². The standard InChI is InChI=1S/C28H31N5O3/c1-4-31-22(12-16-6-5-7-29-26(16)31)27-30-20-11-18(14-23(36-3)25(20)32(27)8-9-35-2)28(34)33-15-19-10-17-13-21(33)24(17)19/h5-7,11-12,14,17,19,21,24H,4,8-10,13,15H2,1-3H3/t17?,19-,21-,24-/m1/s1. The predicted molar refractivity (Wildman–Crippen MR) is 137 cm³/mol. The number of ether oxygens (including phenoxy) is 2. The van der Waals surface area contributed by atoms with Crippen molar-refractivity contribution in [1.29, 1.82) is 0 Å². The molecule has 4 heterocycles. The van der Waals surface area contributed by atoms with Gasteiger partial charge in [0.15, 0.2) is 5.82 Å². The molecule has 3 aliphatic rings. The second-order valence-electron chi connectivity index (χ2n) is 10.4. The zero-order chi connectivity index (χ0) is 24.6. The zero-order valence-corrected chi connectivity index (χ0v) is 21.0. The summed E-state index contributed by atoms with van der Waals surface area (Å²) < 4.78 is 15.6. The van der Waals surface area contributed by atoms with Crippen molar-refractivity contribution in [1.82, 2.24) is 24.0 Å². The third kappa shape index (κ3) is 2.94. The van der Waals surface area contributed by atoms with Crippen molar-refractivity contribution in [3.05, 3.63) is 42.1 Å². The highest BCUT2D eigenvalue weighted by Crippen LogP contribution is 2.60. The quantitative estimate of drug-likeness (QED) is 0.392. The van der Waals surface area contributed by atoms with E-state index in [9.17, 15) is 4.79 Å². The number of aryl methyl sites for hydroxylation is 1. The summed E-state index contributed by atoms with van der Waals surface area (Å²) in [6, 6.07) is 10.4. The van der Waals surface area contributed by atoms with Crippen LogP contribution in [0.25, 0.3) is 33.6 Å². The average molecular weight is 486 g/mol. The van der Waals surface area contributed by atoms with E-state index in [0.717, 1.165) is 64.9 Å². The summed E-state index contributed by atoms with van der Waals surface area (Å²) in [4.78, 5) is 25.5. The normalized spacial score (nSPS) is 24.1. The first-order valence-corrected chi connectivity index (χ1v) is 13.0. The number of methoxy groups -OCH3 is 2. The highest BCUT2D eigenvalue weighted by atomic mass is 16.5. The summed E-state index contributed by atoms with van der Waals surface area (Å²) in [7, 11) is 3.36. The Morgan fingerprint density at radius 2 is 2.03 bits per heavy atom. The average Bonchev–Trinajstić information content (AvgIpc) is 3.44. The molecule has 0 N–H and O–H groups in total. The number of carbonyl (C=O) groups excluding carboxylic acids is 1. The number of aromatic nitrogens is 4. The Morgan fingerprint density at radius 1 is 1.14 bits per heavy atom. The largest absolute Gasteiger partial charge is 0.494 e. The zero-order valence-electron chi connectivity index (χ0n) is 21.0. The molecule has 1 aliphatic heterocycles. The Balaban J connectivity index is 1.37. The number of hydrogen-bond donors (Lipinski definition) is 0. The smallest absolute Gasteiger partial charge is 0.254 e. The first-order chi connectivity index (χ1) is 17.6. The van der Waals surface area contributed by atoms with Crippen molar-refractivity contribution >= 4 is 28.0 Å². The fourth-order valence-electron chi connectivity index (χ4n) is 7.06. The maximum Gasteiger partial charge on any atom is 0.254 e. The van der Waals surface area contributed by atoms with Gasteiger partial charge in [-0.2, -0.15) is 0 Å². The fraction of sp³-hybridized carbons (Fsp3) is 0.464. The summed E-state index contributed by atoms with van der Waals surface area (Å²) in [5, 5.41) is 1.07. The number of imidazole rings is 1. The monoisotopic (exact) mass is 485 g/mol. The molecule has 3 fully saturated rings. The molecule has 0 spiro atoms. The number of nitrogens with zero attached hydrogens (tertiary/aromatic N) is 5. The van der Waals surface area contributed by atoms with Crippen LogP contribution in [0.1, 0.15) is 30.1 Å². The lowest BCUT2D eigenvalue weighted by Crippen LogP contribution is -2.53. The first-order valence-electron chi connectivity index (χ1n) is 13.0. The van der Waals surface area contributed by atoms with E-state index in [2.05, 4.69) is 38.1 Å². The lowest BCUT2D eigenvalue weighted by atomic mass is 9.53. The lowest BCUT2D eigenvalue weighted by Gasteiger charge is -2.52. The number of pyridine rings is 1. The summed E-state index contributed by atoms with van der Waals surface area (Å²) in [5.74, 6) is 3.89. The van der Waals surface area contributed by atoms with Gasteiger partial charge in [-0.3, -0.25) is 4.79 Å². The number of hydrogen-bond acceptors (Lipinski definition) is 5. The Bertz CT molecular complexity index is 1500. The molecule has 186 valence electrons. The second-order valence-corrected chi connectivity index (χ2v) is 10.4. The number of likely N-dealkylation sites (tertiary alicyclic amines) is 1. The SMILES string of the molecule is CCn1c(-c2nc3cc(C(=O)N4C[C@H]5CC6C[C@@H]4[C@H]65)cc(OC)c3n2CCOC)cc2cccnc21. The summed E-state index contributed by atoms with van der Waals surface area (Å²) in [5.41, 5.74) is 4.23. The molecule has 7 rings (SSSR count). The molecule has 4 aromatic rings. The van der Waals surface area contributed by atoms with Gasteiger partial charge in [-0.25, -0.2) is 9.97 Å². The lowest BCUT2D eigenvalue weighted by molar-refractivity contribution is -0.0204. The highest BCUT2D eigenvalue weighted by molar-refractivity contribution is 6.00.